The molecule has 0 radical (unpaired) electrons. The average molecular weight is 728 g/mol. The number of hydrogen-bond donors (Lipinski definition) is 6. The minimum Gasteiger partial charge on any atom is -0.481 e. The maximum Gasteiger partial charge on any atom is 0.303 e. The van der Waals surface area contributed by atoms with Crippen LogP contribution in [0, 0.1) is 0 Å². The molecule has 298 valence electrons. The molecule has 0 bridgehead atoms. The van der Waals surface area contributed by atoms with Crippen molar-refractivity contribution in [3.63, 3.8) is 0 Å². The molecule has 0 aromatic heterocycles. The number of carbonyl (C=O) groups excluding carboxylic acids is 4. The van der Waals surface area contributed by atoms with Crippen molar-refractivity contribution in [1.82, 2.24) is 21.3 Å². The summed E-state index contributed by atoms with van der Waals surface area (Å²) in [5.74, 6) is -1.06. The van der Waals surface area contributed by atoms with Crippen molar-refractivity contribution in [2.24, 2.45) is 5.73 Å². The third-order valence-corrected chi connectivity index (χ3v) is 8.55. The molecule has 0 unspecified atom stereocenters. The van der Waals surface area contributed by atoms with E-state index >= 15 is 0 Å². The van der Waals surface area contributed by atoms with Gasteiger partial charge < -0.3 is 41.6 Å². The van der Waals surface area contributed by atoms with Gasteiger partial charge in [0.15, 0.2) is 0 Å². The zero-order valence-corrected chi connectivity index (χ0v) is 31.9. The van der Waals surface area contributed by atoms with Crippen molar-refractivity contribution in [1.29, 1.82) is 0 Å². The predicted molar refractivity (Wildman–Crippen MR) is 201 cm³/mol. The summed E-state index contributed by atoms with van der Waals surface area (Å²) in [7, 11) is 0. The van der Waals surface area contributed by atoms with Gasteiger partial charge in [0.25, 0.3) is 0 Å². The smallest absolute Gasteiger partial charge is 0.303 e. The van der Waals surface area contributed by atoms with Crippen molar-refractivity contribution in [3.05, 3.63) is 0 Å². The largest absolute Gasteiger partial charge is 0.481 e. The molecule has 0 heterocycles. The Morgan fingerprint density at radius 1 is 0.510 bits per heavy atom. The summed E-state index contributed by atoms with van der Waals surface area (Å²) in [6.45, 7) is 4.96. The predicted octanol–water partition coefficient (Wildman–Crippen LogP) is 4.89. The van der Waals surface area contributed by atoms with Crippen LogP contribution in [0.15, 0.2) is 0 Å². The number of carbonyl (C=O) groups is 5. The van der Waals surface area contributed by atoms with Crippen molar-refractivity contribution < 1.29 is 38.6 Å². The lowest BCUT2D eigenvalue weighted by atomic mass is 10.0. The van der Waals surface area contributed by atoms with Crippen LogP contribution in [-0.2, 0) is 33.4 Å². The second-order valence-corrected chi connectivity index (χ2v) is 13.4. The van der Waals surface area contributed by atoms with Gasteiger partial charge in [-0.2, -0.15) is 0 Å². The van der Waals surface area contributed by atoms with Crippen LogP contribution in [0.3, 0.4) is 0 Å². The molecular formula is C38H73N5O8. The molecule has 0 spiro atoms. The lowest BCUT2D eigenvalue weighted by Crippen LogP contribution is -2.41. The highest BCUT2D eigenvalue weighted by Crippen LogP contribution is 2.14. The van der Waals surface area contributed by atoms with Gasteiger partial charge in [0.05, 0.1) is 25.9 Å². The minimum atomic E-state index is -0.692. The summed E-state index contributed by atoms with van der Waals surface area (Å²) >= 11 is 0. The number of carboxylic acids is 1. The number of amides is 4. The van der Waals surface area contributed by atoms with E-state index in [2.05, 4.69) is 28.2 Å². The summed E-state index contributed by atoms with van der Waals surface area (Å²) in [6.07, 6.45) is 22.0. The standard InChI is InChI=1S/C38H73N5O8/c1-2-3-25-43-38(49)33(39)21-18-19-26-41-36(46)32-51-31-30-50-29-28-42-35(45)23-20-27-40-34(44)22-16-14-12-10-8-6-4-5-7-9-11-13-15-17-24-37(47)48/h33H,2-32,39H2,1H3,(H,40,44)(H,41,46)(H,42,45)(H,43,49)(H,47,48)/t33-/m0/s1. The second-order valence-electron chi connectivity index (χ2n) is 13.4. The fourth-order valence-electron chi connectivity index (χ4n) is 5.40. The minimum absolute atomic E-state index is 0.0473. The highest BCUT2D eigenvalue weighted by Gasteiger charge is 2.12. The first-order valence-corrected chi connectivity index (χ1v) is 20.0. The van der Waals surface area contributed by atoms with Crippen LogP contribution in [0.25, 0.3) is 0 Å². The zero-order chi connectivity index (χ0) is 37.6. The van der Waals surface area contributed by atoms with Crippen LogP contribution in [0.5, 0.6) is 0 Å². The Labute approximate surface area is 308 Å². The van der Waals surface area contributed by atoms with Gasteiger partial charge in [-0.05, 0) is 44.9 Å². The summed E-state index contributed by atoms with van der Waals surface area (Å²) < 4.78 is 10.8. The molecule has 0 fully saturated rings. The van der Waals surface area contributed by atoms with Crippen LogP contribution in [0.4, 0.5) is 0 Å². The van der Waals surface area contributed by atoms with E-state index in [1.807, 2.05) is 0 Å². The fourth-order valence-corrected chi connectivity index (χ4v) is 5.40. The molecule has 0 aromatic rings. The first-order valence-electron chi connectivity index (χ1n) is 20.0. The third kappa shape index (κ3) is 36.8. The summed E-state index contributed by atoms with van der Waals surface area (Å²) in [5, 5.41) is 19.9. The molecule has 0 aromatic carbocycles. The molecule has 0 aliphatic carbocycles. The van der Waals surface area contributed by atoms with E-state index in [4.69, 9.17) is 20.3 Å². The van der Waals surface area contributed by atoms with E-state index < -0.39 is 12.0 Å². The van der Waals surface area contributed by atoms with E-state index in [9.17, 15) is 24.0 Å². The highest BCUT2D eigenvalue weighted by molar-refractivity contribution is 5.81. The average Bonchev–Trinajstić information content (AvgIpc) is 3.10. The van der Waals surface area contributed by atoms with E-state index in [-0.39, 0.29) is 36.8 Å². The molecule has 13 nitrogen and oxygen atoms in total. The highest BCUT2D eigenvalue weighted by atomic mass is 16.5. The molecule has 7 N–H and O–H groups in total. The Hall–Kier alpha value is -2.77. The Kier molecular flexibility index (Phi) is 35.0. The second kappa shape index (κ2) is 37.0. The quantitative estimate of drug-likeness (QED) is 0.0480. The van der Waals surface area contributed by atoms with E-state index in [1.165, 1.54) is 57.8 Å². The number of hydrogen-bond acceptors (Lipinski definition) is 8. The Balaban J connectivity index is 3.41. The molecule has 4 amide bonds. The summed E-state index contributed by atoms with van der Waals surface area (Å²) in [5.41, 5.74) is 5.89. The SMILES string of the molecule is CCCCNC(=O)[C@@H](N)CCCCNC(=O)COCCOCCNC(=O)CCCNC(=O)CCCCCCCCCCCCCCCCC(=O)O. The van der Waals surface area contributed by atoms with Crippen molar-refractivity contribution in [2.45, 2.75) is 161 Å². The lowest BCUT2D eigenvalue weighted by molar-refractivity contribution is -0.137. The molecular weight excluding hydrogens is 654 g/mol. The van der Waals surface area contributed by atoms with Crippen molar-refractivity contribution in [2.75, 3.05) is 52.6 Å². The van der Waals surface area contributed by atoms with Crippen molar-refractivity contribution >= 4 is 29.6 Å². The third-order valence-electron chi connectivity index (χ3n) is 8.55. The molecule has 0 saturated carbocycles. The zero-order valence-electron chi connectivity index (χ0n) is 31.9. The molecule has 1 atom stereocenters. The Morgan fingerprint density at radius 2 is 0.980 bits per heavy atom. The molecule has 13 heteroatoms. The molecule has 0 rings (SSSR count). The lowest BCUT2D eigenvalue weighted by Gasteiger charge is -2.12. The normalized spacial score (nSPS) is 11.6. The van der Waals surface area contributed by atoms with Crippen LogP contribution >= 0.6 is 0 Å². The number of carboxylic acid groups (broad SMARTS) is 1. The van der Waals surface area contributed by atoms with Gasteiger partial charge in [0.2, 0.25) is 23.6 Å². The monoisotopic (exact) mass is 728 g/mol. The van der Waals surface area contributed by atoms with Gasteiger partial charge in [-0.15, -0.1) is 0 Å². The number of aliphatic carboxylic acids is 1. The van der Waals surface area contributed by atoms with Gasteiger partial charge in [0.1, 0.15) is 6.61 Å². The summed E-state index contributed by atoms with van der Waals surface area (Å²) in [6, 6.07) is -0.519. The van der Waals surface area contributed by atoms with Crippen molar-refractivity contribution in [3.8, 4) is 0 Å². The van der Waals surface area contributed by atoms with E-state index in [1.54, 1.807) is 0 Å². The molecule has 0 aliphatic heterocycles. The van der Waals surface area contributed by atoms with E-state index in [0.29, 0.717) is 71.5 Å². The number of nitrogens with one attached hydrogen (secondary N) is 4. The van der Waals surface area contributed by atoms with Gasteiger partial charge in [0, 0.05) is 45.4 Å². The van der Waals surface area contributed by atoms with E-state index in [0.717, 1.165) is 57.8 Å². The number of ether oxygens (including phenoxy) is 2. The molecule has 0 saturated heterocycles. The van der Waals surface area contributed by atoms with Gasteiger partial charge in [-0.3, -0.25) is 24.0 Å². The molecule has 51 heavy (non-hydrogen) atoms. The maximum atomic E-state index is 12.0. The fraction of sp³-hybridized carbons (Fsp3) is 0.868. The summed E-state index contributed by atoms with van der Waals surface area (Å²) in [4.78, 5) is 58.2. The number of nitrogens with two attached hydrogens (primary N) is 1. The van der Waals surface area contributed by atoms with Gasteiger partial charge >= 0.3 is 5.97 Å². The topological polar surface area (TPSA) is 198 Å². The molecule has 0 aliphatic rings. The maximum absolute atomic E-state index is 12.0. The van der Waals surface area contributed by atoms with Gasteiger partial charge in [-0.1, -0.05) is 90.4 Å². The van der Waals surface area contributed by atoms with Gasteiger partial charge in [-0.25, -0.2) is 0 Å². The first kappa shape index (κ1) is 48.2. The van der Waals surface area contributed by atoms with Crippen LogP contribution in [-0.4, -0.2) is 93.4 Å². The van der Waals surface area contributed by atoms with Crippen LogP contribution in [0.2, 0.25) is 0 Å². The Morgan fingerprint density at radius 3 is 1.57 bits per heavy atom. The van der Waals surface area contributed by atoms with Crippen LogP contribution in [0.1, 0.15) is 155 Å². The van der Waals surface area contributed by atoms with Crippen LogP contribution < -0.4 is 27.0 Å². The first-order chi connectivity index (χ1) is 24.8. The Bertz CT molecular complexity index is 892. The number of rotatable bonds is 38. The number of unbranched alkanes of at least 4 members (excludes halogenated alkanes) is 15.